The van der Waals surface area contributed by atoms with Crippen LogP contribution in [0.15, 0.2) is 46.2 Å². The summed E-state index contributed by atoms with van der Waals surface area (Å²) in [5.74, 6) is 0.929. The van der Waals surface area contributed by atoms with E-state index in [-0.39, 0.29) is 5.56 Å². The molecule has 3 rings (SSSR count). The molecule has 0 fully saturated rings. The van der Waals surface area contributed by atoms with Gasteiger partial charge in [0, 0.05) is 20.0 Å². The van der Waals surface area contributed by atoms with Crippen molar-refractivity contribution in [3.05, 3.63) is 58.2 Å². The Hall–Kier alpha value is -2.49. The highest BCUT2D eigenvalue weighted by atomic mass is 16.1. The molecule has 0 atom stereocenters. The normalized spacial score (nSPS) is 15.8. The number of hydrogen-bond acceptors (Lipinski definition) is 3. The molecule has 4 heteroatoms. The van der Waals surface area contributed by atoms with Crippen LogP contribution in [0.1, 0.15) is 44.0 Å². The quantitative estimate of drug-likeness (QED) is 0.787. The zero-order valence-corrected chi connectivity index (χ0v) is 15.0. The van der Waals surface area contributed by atoms with Crippen LogP contribution in [0.4, 0.5) is 0 Å². The first-order valence-corrected chi connectivity index (χ1v) is 9.08. The van der Waals surface area contributed by atoms with Gasteiger partial charge in [-0.1, -0.05) is 31.6 Å². The third-order valence-corrected chi connectivity index (χ3v) is 4.57. The van der Waals surface area contributed by atoms with Gasteiger partial charge in [0.1, 0.15) is 5.82 Å². The molecule has 25 heavy (non-hydrogen) atoms. The van der Waals surface area contributed by atoms with Crippen LogP contribution in [-0.4, -0.2) is 22.3 Å². The molecular formula is C21H25N3O. The summed E-state index contributed by atoms with van der Waals surface area (Å²) in [7, 11) is 1.79. The van der Waals surface area contributed by atoms with Gasteiger partial charge >= 0.3 is 0 Å². The fourth-order valence-electron chi connectivity index (χ4n) is 3.16. The maximum absolute atomic E-state index is 12.7. The van der Waals surface area contributed by atoms with E-state index < -0.39 is 0 Å². The lowest BCUT2D eigenvalue weighted by molar-refractivity contribution is 0.614. The van der Waals surface area contributed by atoms with Crippen molar-refractivity contribution in [3.63, 3.8) is 0 Å². The minimum absolute atomic E-state index is 0.0964. The predicted molar refractivity (Wildman–Crippen MR) is 105 cm³/mol. The van der Waals surface area contributed by atoms with Crippen LogP contribution >= 0.6 is 0 Å². The molecule has 1 aromatic carbocycles. The van der Waals surface area contributed by atoms with E-state index in [1.807, 2.05) is 41.0 Å². The number of nitrogens with zero attached hydrogens (tertiary/aromatic N) is 3. The molecule has 0 unspecified atom stereocenters. The third-order valence-electron chi connectivity index (χ3n) is 4.57. The average molecular weight is 335 g/mol. The molecule has 0 N–H and O–H groups in total. The molecule has 2 aromatic rings. The minimum Gasteiger partial charge on any atom is -0.296 e. The molecule has 130 valence electrons. The molecule has 0 saturated carbocycles. The molecule has 1 aliphatic rings. The maximum atomic E-state index is 12.7. The Balaban J connectivity index is 1.97. The Morgan fingerprint density at radius 2 is 2.16 bits per heavy atom. The summed E-state index contributed by atoms with van der Waals surface area (Å²) in [6.07, 6.45) is 13.3. The summed E-state index contributed by atoms with van der Waals surface area (Å²) in [5.41, 5.74) is 2.85. The first-order chi connectivity index (χ1) is 12.2. The van der Waals surface area contributed by atoms with E-state index in [2.05, 4.69) is 18.0 Å². The van der Waals surface area contributed by atoms with Crippen molar-refractivity contribution >= 4 is 22.7 Å². The van der Waals surface area contributed by atoms with Crippen molar-refractivity contribution in [2.24, 2.45) is 4.99 Å². The van der Waals surface area contributed by atoms with Crippen LogP contribution < -0.4 is 5.56 Å². The van der Waals surface area contributed by atoms with E-state index in [9.17, 15) is 4.79 Å². The van der Waals surface area contributed by atoms with Crippen molar-refractivity contribution in [3.8, 4) is 0 Å². The van der Waals surface area contributed by atoms with Gasteiger partial charge in [-0.2, -0.15) is 0 Å². The SMILES string of the molecule is CC/C=C\C(/C=C/c1ccc2c(=O)n3c(nc2c1)CCCCC3)=NC. The number of aryl methyl sites for hydroxylation is 1. The van der Waals surface area contributed by atoms with E-state index in [1.165, 1.54) is 0 Å². The molecule has 1 aromatic heterocycles. The molecule has 0 aliphatic carbocycles. The summed E-state index contributed by atoms with van der Waals surface area (Å²) in [4.78, 5) is 21.8. The molecule has 0 saturated heterocycles. The molecule has 0 amide bonds. The van der Waals surface area contributed by atoms with Crippen LogP contribution in [0, 0.1) is 0 Å². The molecule has 0 radical (unpaired) electrons. The predicted octanol–water partition coefficient (Wildman–Crippen LogP) is 4.17. The van der Waals surface area contributed by atoms with E-state index in [0.717, 1.165) is 61.3 Å². The summed E-state index contributed by atoms with van der Waals surface area (Å²) in [6.45, 7) is 2.89. The smallest absolute Gasteiger partial charge is 0.261 e. The summed E-state index contributed by atoms with van der Waals surface area (Å²) < 4.78 is 1.86. The second kappa shape index (κ2) is 8.06. The van der Waals surface area contributed by atoms with Gasteiger partial charge in [-0.25, -0.2) is 4.98 Å². The number of allylic oxidation sites excluding steroid dienone is 3. The van der Waals surface area contributed by atoms with Gasteiger partial charge in [0.15, 0.2) is 0 Å². The molecule has 0 spiro atoms. The summed E-state index contributed by atoms with van der Waals surface area (Å²) in [5, 5.41) is 0.707. The fourth-order valence-corrected chi connectivity index (χ4v) is 3.16. The number of aliphatic imine (C=N–C) groups is 1. The van der Waals surface area contributed by atoms with Gasteiger partial charge in [-0.3, -0.25) is 14.4 Å². The van der Waals surface area contributed by atoms with Crippen LogP contribution in [-0.2, 0) is 13.0 Å². The fraction of sp³-hybridized carbons (Fsp3) is 0.381. The Labute approximate surface area is 148 Å². The zero-order valence-electron chi connectivity index (χ0n) is 15.0. The number of hydrogen-bond donors (Lipinski definition) is 0. The van der Waals surface area contributed by atoms with Crippen molar-refractivity contribution in [2.75, 3.05) is 7.05 Å². The van der Waals surface area contributed by atoms with Gasteiger partial charge in [-0.05, 0) is 49.1 Å². The highest BCUT2D eigenvalue weighted by Crippen LogP contribution is 2.17. The molecule has 2 heterocycles. The summed E-state index contributed by atoms with van der Waals surface area (Å²) in [6, 6.07) is 5.87. The summed E-state index contributed by atoms with van der Waals surface area (Å²) >= 11 is 0. The number of benzene rings is 1. The number of fused-ring (bicyclic) bond motifs is 2. The van der Waals surface area contributed by atoms with Crippen molar-refractivity contribution in [1.29, 1.82) is 0 Å². The Morgan fingerprint density at radius 1 is 1.28 bits per heavy atom. The second-order valence-corrected chi connectivity index (χ2v) is 6.36. The van der Waals surface area contributed by atoms with Crippen LogP contribution in [0.3, 0.4) is 0 Å². The Morgan fingerprint density at radius 3 is 2.96 bits per heavy atom. The number of rotatable bonds is 4. The first kappa shape index (κ1) is 17.3. The van der Waals surface area contributed by atoms with Gasteiger partial charge in [-0.15, -0.1) is 0 Å². The highest BCUT2D eigenvalue weighted by molar-refractivity contribution is 6.06. The van der Waals surface area contributed by atoms with E-state index in [4.69, 9.17) is 4.98 Å². The lowest BCUT2D eigenvalue weighted by Crippen LogP contribution is -2.24. The average Bonchev–Trinajstić information content (AvgIpc) is 2.87. The van der Waals surface area contributed by atoms with Gasteiger partial charge in [0.25, 0.3) is 5.56 Å². The lowest BCUT2D eigenvalue weighted by atomic mass is 10.1. The van der Waals surface area contributed by atoms with E-state index in [1.54, 1.807) is 7.05 Å². The minimum atomic E-state index is 0.0964. The van der Waals surface area contributed by atoms with Gasteiger partial charge < -0.3 is 0 Å². The Bertz CT molecular complexity index is 903. The van der Waals surface area contributed by atoms with Gasteiger partial charge in [0.05, 0.1) is 16.6 Å². The molecular weight excluding hydrogens is 310 g/mol. The number of aromatic nitrogens is 2. The standard InChI is InChI=1S/C21H25N3O/c1-3-4-8-17(22-2)12-10-16-11-13-18-19(15-16)23-20-9-6-5-7-14-24(20)21(18)25/h4,8,10-13,15H,3,5-7,9,14H2,1-2H3/b8-4-,12-10+,22-17?. The van der Waals surface area contributed by atoms with E-state index >= 15 is 0 Å². The van der Waals surface area contributed by atoms with Crippen molar-refractivity contribution in [1.82, 2.24) is 9.55 Å². The molecule has 4 nitrogen and oxygen atoms in total. The second-order valence-electron chi connectivity index (χ2n) is 6.36. The topological polar surface area (TPSA) is 47.2 Å². The first-order valence-electron chi connectivity index (χ1n) is 9.08. The highest BCUT2D eigenvalue weighted by Gasteiger charge is 2.13. The third kappa shape index (κ3) is 3.95. The van der Waals surface area contributed by atoms with Gasteiger partial charge in [0.2, 0.25) is 0 Å². The zero-order chi connectivity index (χ0) is 17.6. The molecule has 0 bridgehead atoms. The molecule has 1 aliphatic heterocycles. The maximum Gasteiger partial charge on any atom is 0.261 e. The Kier molecular flexibility index (Phi) is 5.59. The van der Waals surface area contributed by atoms with Crippen LogP contribution in [0.2, 0.25) is 0 Å². The largest absolute Gasteiger partial charge is 0.296 e. The monoisotopic (exact) mass is 335 g/mol. The van der Waals surface area contributed by atoms with Crippen LogP contribution in [0.25, 0.3) is 17.0 Å². The van der Waals surface area contributed by atoms with Crippen molar-refractivity contribution < 1.29 is 0 Å². The van der Waals surface area contributed by atoms with Crippen molar-refractivity contribution in [2.45, 2.75) is 45.6 Å². The van der Waals surface area contributed by atoms with Crippen LogP contribution in [0.5, 0.6) is 0 Å². The van der Waals surface area contributed by atoms with E-state index in [0.29, 0.717) is 5.39 Å². The lowest BCUT2D eigenvalue weighted by Gasteiger charge is -2.10.